The van der Waals surface area contributed by atoms with Crippen molar-refractivity contribution in [1.29, 1.82) is 0 Å². The Morgan fingerprint density at radius 3 is 1.07 bits per heavy atom. The molecule has 3 unspecified atom stereocenters. The summed E-state index contributed by atoms with van der Waals surface area (Å²) >= 11 is 0. The maximum atomic E-state index is 11.4. The molecule has 6 nitrogen and oxygen atoms in total. The Morgan fingerprint density at radius 2 is 0.821 bits per heavy atom. The average molecular weight is 448 g/mol. The van der Waals surface area contributed by atoms with E-state index in [0.29, 0.717) is 15.9 Å². The van der Waals surface area contributed by atoms with Gasteiger partial charge in [-0.3, -0.25) is 0 Å². The molecule has 140 valence electrons. The van der Waals surface area contributed by atoms with Crippen LogP contribution in [-0.4, -0.2) is 0 Å². The van der Waals surface area contributed by atoms with Gasteiger partial charge in [-0.25, -0.2) is 0 Å². The van der Waals surface area contributed by atoms with E-state index in [4.69, 9.17) is 0 Å². The van der Waals surface area contributed by atoms with Crippen LogP contribution in [0.3, 0.4) is 0 Å². The van der Waals surface area contributed by atoms with Crippen molar-refractivity contribution in [3.8, 4) is 0 Å². The predicted octanol–water partition coefficient (Wildman–Crippen LogP) is -0.371. The lowest BCUT2D eigenvalue weighted by Gasteiger charge is -2.19. The molecule has 0 saturated heterocycles. The Labute approximate surface area is 165 Å². The van der Waals surface area contributed by atoms with Crippen LogP contribution < -0.4 is 46.5 Å². The predicted molar refractivity (Wildman–Crippen MR) is 107 cm³/mol. The van der Waals surface area contributed by atoms with E-state index < -0.39 is 32.0 Å². The number of benzene rings is 3. The molecule has 0 bridgehead atoms. The molecule has 0 radical (unpaired) electrons. The van der Waals surface area contributed by atoms with Gasteiger partial charge >= 0.3 is 24.1 Å². The first-order valence-electron chi connectivity index (χ1n) is 7.90. The molecular weight excluding hydrogens is 436 g/mol. The van der Waals surface area contributed by atoms with Crippen molar-refractivity contribution in [1.82, 2.24) is 0 Å². The first-order chi connectivity index (χ1) is 13.4. The molecule has 0 amide bonds. The zero-order valence-corrected chi connectivity index (χ0v) is 17.7. The van der Waals surface area contributed by atoms with Crippen molar-refractivity contribution >= 4 is 63.8 Å². The molecule has 0 N–H and O–H groups in total. The molecule has 3 rings (SSSR count). The molecule has 0 saturated carbocycles. The van der Waals surface area contributed by atoms with Gasteiger partial charge in [0.15, 0.2) is 15.9 Å². The van der Waals surface area contributed by atoms with Gasteiger partial charge in [-0.05, 0) is 60.2 Å². The second-order valence-electron chi connectivity index (χ2n) is 5.67. The van der Waals surface area contributed by atoms with Gasteiger partial charge in [0.25, 0.3) is 0 Å². The molecule has 0 aliphatic rings. The van der Waals surface area contributed by atoms with E-state index in [9.17, 15) is 28.4 Å². The molecule has 0 fully saturated rings. The second kappa shape index (κ2) is 9.18. The quantitative estimate of drug-likeness (QED) is 0.475. The monoisotopic (exact) mass is 448 g/mol. The second-order valence-corrected chi connectivity index (χ2v) is 11.0. The Bertz CT molecular complexity index is 948. The van der Waals surface area contributed by atoms with Crippen molar-refractivity contribution in [2.45, 2.75) is 0 Å². The van der Waals surface area contributed by atoms with Crippen molar-refractivity contribution in [3.05, 3.63) is 72.8 Å². The largest absolute Gasteiger partial charge is 0.591 e. The highest BCUT2D eigenvalue weighted by molar-refractivity contribution is 7.80. The van der Waals surface area contributed by atoms with Crippen LogP contribution in [0.4, 0.5) is 0 Å². The van der Waals surface area contributed by atoms with E-state index in [1.54, 1.807) is 36.4 Å². The van der Waals surface area contributed by atoms with Crippen LogP contribution in [-0.2, 0) is 13.7 Å². The summed E-state index contributed by atoms with van der Waals surface area (Å²) in [5, 5.41) is 2.42. The van der Waals surface area contributed by atoms with Crippen molar-refractivity contribution in [3.63, 3.8) is 0 Å². The number of hydrogen-bond acceptors (Lipinski definition) is 6. The van der Waals surface area contributed by atoms with Crippen LogP contribution in [0.25, 0.3) is 0 Å². The van der Waals surface area contributed by atoms with Crippen LogP contribution in [0.2, 0.25) is 0 Å². The minimum Gasteiger partial charge on any atom is -0.591 e. The van der Waals surface area contributed by atoms with Gasteiger partial charge in [0.05, 0.1) is 0 Å². The van der Waals surface area contributed by atoms with Crippen LogP contribution in [0.15, 0.2) is 72.8 Å². The summed E-state index contributed by atoms with van der Waals surface area (Å²) in [4.78, 5) is 34.3. The number of rotatable bonds is 6. The molecular formula is C18H12O6P4. The summed E-state index contributed by atoms with van der Waals surface area (Å²) in [5.41, 5.74) is 0. The van der Waals surface area contributed by atoms with Gasteiger partial charge in [-0.1, -0.05) is 50.1 Å². The van der Waals surface area contributed by atoms with Gasteiger partial charge in [-0.15, -0.1) is 0 Å². The highest BCUT2D eigenvalue weighted by Crippen LogP contribution is 2.33. The zero-order chi connectivity index (χ0) is 20.3. The van der Waals surface area contributed by atoms with Gasteiger partial charge in [0, 0.05) is 0 Å². The minimum absolute atomic E-state index is 0.136. The van der Waals surface area contributed by atoms with E-state index in [1.165, 1.54) is 36.4 Å². The summed E-state index contributed by atoms with van der Waals surface area (Å²) < 4.78 is 34.3. The highest BCUT2D eigenvalue weighted by atomic mass is 31.1. The minimum atomic E-state index is -2.79. The molecule has 0 aliphatic carbocycles. The Morgan fingerprint density at radius 1 is 0.536 bits per heavy atom. The number of hydrogen-bond donors (Lipinski definition) is 0. The first kappa shape index (κ1) is 21.0. The lowest BCUT2D eigenvalue weighted by molar-refractivity contribution is -0.161. The molecule has 28 heavy (non-hydrogen) atoms. The molecule has 3 aromatic rings. The average Bonchev–Trinajstić information content (AvgIpc) is 2.69. The smallest absolute Gasteiger partial charge is 0.348 e. The summed E-state index contributed by atoms with van der Waals surface area (Å²) in [6.07, 6.45) is 0. The van der Waals surface area contributed by atoms with Crippen molar-refractivity contribution < 1.29 is 28.4 Å². The van der Waals surface area contributed by atoms with Crippen LogP contribution >= 0.6 is 32.0 Å². The third-order valence-electron chi connectivity index (χ3n) is 3.90. The van der Waals surface area contributed by atoms with Crippen molar-refractivity contribution in [2.75, 3.05) is 0 Å². The fourth-order valence-electron chi connectivity index (χ4n) is 2.68. The molecule has 0 aromatic heterocycles. The van der Waals surface area contributed by atoms with E-state index in [1.807, 2.05) is 0 Å². The van der Waals surface area contributed by atoms with Gasteiger partial charge in [0.1, 0.15) is 0 Å². The molecule has 3 aromatic carbocycles. The molecule has 0 spiro atoms. The Balaban J connectivity index is 2.22. The summed E-state index contributed by atoms with van der Waals surface area (Å²) in [6.45, 7) is 0. The van der Waals surface area contributed by atoms with Crippen LogP contribution in [0.1, 0.15) is 0 Å². The highest BCUT2D eigenvalue weighted by Gasteiger charge is 2.22. The lowest BCUT2D eigenvalue weighted by atomic mass is 10.3. The third kappa shape index (κ3) is 4.81. The van der Waals surface area contributed by atoms with E-state index in [0.717, 1.165) is 0 Å². The van der Waals surface area contributed by atoms with Gasteiger partial charge in [-0.2, -0.15) is 0 Å². The van der Waals surface area contributed by atoms with Crippen LogP contribution in [0, 0.1) is 0 Å². The van der Waals surface area contributed by atoms with E-state index in [2.05, 4.69) is 0 Å². The topological polar surface area (TPSA) is 120 Å². The van der Waals surface area contributed by atoms with E-state index >= 15 is 0 Å². The van der Waals surface area contributed by atoms with Crippen molar-refractivity contribution in [2.24, 2.45) is 0 Å². The maximum Gasteiger partial charge on any atom is 0.348 e. The molecule has 10 heteroatoms. The molecule has 3 atom stereocenters. The summed E-state index contributed by atoms with van der Waals surface area (Å²) in [6, 6.07) is 19.1. The Hall–Kier alpha value is -1.73. The normalized spacial score (nSPS) is 13.6. The fraction of sp³-hybridized carbons (Fsp3) is 0. The van der Waals surface area contributed by atoms with Crippen LogP contribution in [0.5, 0.6) is 0 Å². The Kier molecular flexibility index (Phi) is 6.88. The fourth-order valence-corrected chi connectivity index (χ4v) is 6.75. The lowest BCUT2D eigenvalue weighted by Crippen LogP contribution is -2.26. The standard InChI is InChI=1S/C18H12O6P4/c19-26(20)16-7-1-4-13(10-16)25(14-5-2-8-17(11-14)27(21)22)15-6-3-9-18(12-15)28(23)24/h1-12H. The maximum absolute atomic E-state index is 11.4. The molecule has 0 heterocycles. The summed E-state index contributed by atoms with van der Waals surface area (Å²) in [7, 11) is -9.74. The first-order valence-corrected chi connectivity index (χ1v) is 12.8. The van der Waals surface area contributed by atoms with Gasteiger partial charge < -0.3 is 14.7 Å². The van der Waals surface area contributed by atoms with Gasteiger partial charge in [0.2, 0.25) is 0 Å². The zero-order valence-electron chi connectivity index (χ0n) is 14.2. The molecule has 0 aliphatic heterocycles. The van der Waals surface area contributed by atoms with E-state index in [-0.39, 0.29) is 15.9 Å². The third-order valence-corrected chi connectivity index (χ3v) is 8.38. The SMILES string of the molecule is O=[P+]([O-])c1cccc(P(c2cccc([P+](=O)[O-])c2)c2cccc([P+](=O)[O-])c2)c1. The summed E-state index contributed by atoms with van der Waals surface area (Å²) in [5.74, 6) is 0.